The van der Waals surface area contributed by atoms with Gasteiger partial charge in [-0.15, -0.1) is 0 Å². The van der Waals surface area contributed by atoms with Crippen molar-refractivity contribution in [2.75, 3.05) is 40.9 Å². The molecule has 5 heteroatoms. The smallest absolute Gasteiger partial charge is 0.329 e. The van der Waals surface area contributed by atoms with Crippen molar-refractivity contribution < 1.29 is 36.1 Å². The number of hydrogen-bond donors (Lipinski definition) is 1. The van der Waals surface area contributed by atoms with Crippen molar-refractivity contribution in [2.45, 2.75) is 0 Å². The second kappa shape index (κ2) is 6.39. The summed E-state index contributed by atoms with van der Waals surface area (Å²) in [6.45, 7) is 1.13. The first-order valence-electron chi connectivity index (χ1n) is 3.52. The molecule has 0 heterocycles. The largest absolute Gasteiger partial charge is 1.00 e. The number of aliphatic carboxylic acids is 1. The van der Waals surface area contributed by atoms with Gasteiger partial charge in [0.15, 0.2) is 0 Å². The zero-order valence-corrected chi connectivity index (χ0v) is 9.30. The van der Waals surface area contributed by atoms with E-state index < -0.39 is 5.97 Å². The Balaban J connectivity index is 0. The third-order valence-electron chi connectivity index (χ3n) is 1.13. The fraction of sp³-hybridized carbons (Fsp3) is 0.857. The molecule has 4 nitrogen and oxygen atoms in total. The van der Waals surface area contributed by atoms with Crippen molar-refractivity contribution in [3.63, 3.8) is 0 Å². The Labute approximate surface area is 83.5 Å². The number of likely N-dealkylation sites (N-methyl/N-ethyl adjacent to an activating group) is 1. The molecule has 0 aromatic heterocycles. The van der Waals surface area contributed by atoms with Gasteiger partial charge in [-0.3, -0.25) is 0 Å². The predicted molar refractivity (Wildman–Crippen MR) is 41.4 cm³/mol. The van der Waals surface area contributed by atoms with Crippen LogP contribution in [0.25, 0.3) is 0 Å². The van der Waals surface area contributed by atoms with Crippen LogP contribution < -0.4 is 17.0 Å². The van der Waals surface area contributed by atoms with Gasteiger partial charge in [0.05, 0.1) is 27.7 Å². The number of carboxylic acids is 1. The zero-order chi connectivity index (χ0) is 8.91. The number of ether oxygens (including phenoxy) is 1. The van der Waals surface area contributed by atoms with E-state index >= 15 is 0 Å². The lowest BCUT2D eigenvalue weighted by Crippen LogP contribution is -3.00. The molecule has 0 bridgehead atoms. The fourth-order valence-electron chi connectivity index (χ4n) is 0.498. The van der Waals surface area contributed by atoms with Crippen LogP contribution in [-0.2, 0) is 9.53 Å². The van der Waals surface area contributed by atoms with E-state index in [-0.39, 0.29) is 23.6 Å². The van der Waals surface area contributed by atoms with Gasteiger partial charge in [0, 0.05) is 0 Å². The molecular weight excluding hydrogens is 226 g/mol. The molecule has 0 unspecified atom stereocenters. The van der Waals surface area contributed by atoms with Crippen molar-refractivity contribution in [3.8, 4) is 0 Å². The van der Waals surface area contributed by atoms with E-state index in [0.29, 0.717) is 6.61 Å². The maximum Gasteiger partial charge on any atom is 0.329 e. The van der Waals surface area contributed by atoms with E-state index in [9.17, 15) is 4.79 Å². The Morgan fingerprint density at radius 2 is 1.92 bits per heavy atom. The van der Waals surface area contributed by atoms with Gasteiger partial charge in [-0.05, 0) is 0 Å². The quantitative estimate of drug-likeness (QED) is 0.408. The molecule has 0 saturated carbocycles. The third kappa shape index (κ3) is 12.5. The minimum absolute atomic E-state index is 0. The first kappa shape index (κ1) is 14.4. The van der Waals surface area contributed by atoms with Crippen LogP contribution in [0.5, 0.6) is 0 Å². The molecule has 12 heavy (non-hydrogen) atoms. The summed E-state index contributed by atoms with van der Waals surface area (Å²) in [6, 6.07) is 0. The Morgan fingerprint density at radius 1 is 1.42 bits per heavy atom. The number of nitrogens with zero attached hydrogens (tertiary/aromatic N) is 1. The molecule has 0 aromatic carbocycles. The number of quaternary nitrogens is 1. The van der Waals surface area contributed by atoms with Crippen LogP contribution in [0.1, 0.15) is 0 Å². The summed E-state index contributed by atoms with van der Waals surface area (Å²) < 4.78 is 5.65. The van der Waals surface area contributed by atoms with Gasteiger partial charge in [0.2, 0.25) is 0 Å². The summed E-state index contributed by atoms with van der Waals surface area (Å²) in [5.74, 6) is -0.911. The standard InChI is InChI=1S/C7H15NO3.BrH/c1-8(2,3)4-5-11-6-7(9)10;/h4-6H2,1-3H3;1H. The van der Waals surface area contributed by atoms with E-state index in [1.165, 1.54) is 0 Å². The fourth-order valence-corrected chi connectivity index (χ4v) is 0.498. The maximum absolute atomic E-state index is 9.99. The van der Waals surface area contributed by atoms with Crippen LogP contribution in [0.2, 0.25) is 0 Å². The predicted octanol–water partition coefficient (Wildman–Crippen LogP) is -3.20. The molecule has 0 atom stereocenters. The number of rotatable bonds is 5. The van der Waals surface area contributed by atoms with E-state index in [1.807, 2.05) is 21.1 Å². The lowest BCUT2D eigenvalue weighted by molar-refractivity contribution is -0.870. The van der Waals surface area contributed by atoms with Gasteiger partial charge in [-0.2, -0.15) is 0 Å². The zero-order valence-electron chi connectivity index (χ0n) is 7.71. The molecule has 0 aliphatic rings. The van der Waals surface area contributed by atoms with Gasteiger partial charge in [-0.25, -0.2) is 4.79 Å². The molecule has 0 amide bonds. The number of carbonyl (C=O) groups is 1. The second-order valence-electron chi connectivity index (χ2n) is 3.46. The lowest BCUT2D eigenvalue weighted by atomic mass is 10.5. The molecule has 0 aromatic rings. The number of hydrogen-bond acceptors (Lipinski definition) is 2. The van der Waals surface area contributed by atoms with E-state index in [0.717, 1.165) is 11.0 Å². The van der Waals surface area contributed by atoms with Crippen molar-refractivity contribution in [2.24, 2.45) is 0 Å². The third-order valence-corrected chi connectivity index (χ3v) is 1.13. The normalized spacial score (nSPS) is 10.6. The molecule has 1 N–H and O–H groups in total. The molecular formula is C7H16BrNO3. The van der Waals surface area contributed by atoms with Gasteiger partial charge in [-0.1, -0.05) is 0 Å². The summed E-state index contributed by atoms with van der Waals surface area (Å²) in [6.07, 6.45) is 0. The Hall–Kier alpha value is -0.130. The molecule has 0 radical (unpaired) electrons. The highest BCUT2D eigenvalue weighted by molar-refractivity contribution is 5.67. The summed E-state index contributed by atoms with van der Waals surface area (Å²) in [5, 5.41) is 8.21. The molecule has 0 spiro atoms. The van der Waals surface area contributed by atoms with Crippen LogP contribution >= 0.6 is 0 Å². The minimum atomic E-state index is -0.911. The topological polar surface area (TPSA) is 46.5 Å². The molecule has 74 valence electrons. The van der Waals surface area contributed by atoms with Crippen LogP contribution in [0.15, 0.2) is 0 Å². The van der Waals surface area contributed by atoms with Crippen LogP contribution in [-0.4, -0.2) is 56.5 Å². The molecule has 0 rings (SSSR count). The minimum Gasteiger partial charge on any atom is -1.00 e. The monoisotopic (exact) mass is 241 g/mol. The van der Waals surface area contributed by atoms with Crippen molar-refractivity contribution >= 4 is 5.97 Å². The van der Waals surface area contributed by atoms with Gasteiger partial charge >= 0.3 is 5.97 Å². The summed E-state index contributed by atoms with van der Waals surface area (Å²) in [5.41, 5.74) is 0. The SMILES string of the molecule is C[N+](C)(C)CCOCC(=O)O.[Br-]. The van der Waals surface area contributed by atoms with Crippen molar-refractivity contribution in [1.82, 2.24) is 0 Å². The summed E-state index contributed by atoms with van der Waals surface area (Å²) >= 11 is 0. The highest BCUT2D eigenvalue weighted by Crippen LogP contribution is 1.88. The molecule has 0 fully saturated rings. The first-order valence-corrected chi connectivity index (χ1v) is 3.52. The van der Waals surface area contributed by atoms with Gasteiger partial charge in [0.25, 0.3) is 0 Å². The Kier molecular flexibility index (Phi) is 7.67. The second-order valence-corrected chi connectivity index (χ2v) is 3.46. The Morgan fingerprint density at radius 3 is 2.25 bits per heavy atom. The van der Waals surface area contributed by atoms with E-state index in [1.54, 1.807) is 0 Å². The van der Waals surface area contributed by atoms with E-state index in [2.05, 4.69) is 0 Å². The van der Waals surface area contributed by atoms with Crippen molar-refractivity contribution in [3.05, 3.63) is 0 Å². The summed E-state index contributed by atoms with van der Waals surface area (Å²) in [4.78, 5) is 9.99. The van der Waals surface area contributed by atoms with Gasteiger partial charge in [0.1, 0.15) is 13.2 Å². The van der Waals surface area contributed by atoms with Crippen LogP contribution in [0.3, 0.4) is 0 Å². The van der Waals surface area contributed by atoms with Gasteiger partial charge < -0.3 is 31.3 Å². The average molecular weight is 242 g/mol. The average Bonchev–Trinajstić information content (AvgIpc) is 1.78. The van der Waals surface area contributed by atoms with E-state index in [4.69, 9.17) is 9.84 Å². The summed E-state index contributed by atoms with van der Waals surface area (Å²) in [7, 11) is 6.10. The number of carboxylic acid groups (broad SMARTS) is 1. The first-order chi connectivity index (χ1) is 4.92. The maximum atomic E-state index is 9.99. The molecule has 0 saturated heterocycles. The van der Waals surface area contributed by atoms with Crippen molar-refractivity contribution in [1.29, 1.82) is 0 Å². The molecule has 0 aliphatic heterocycles. The van der Waals surface area contributed by atoms with Crippen LogP contribution in [0.4, 0.5) is 0 Å². The lowest BCUT2D eigenvalue weighted by Gasteiger charge is -2.23. The number of halogens is 1. The highest BCUT2D eigenvalue weighted by atomic mass is 79.9. The Bertz CT molecular complexity index is 133. The molecule has 0 aliphatic carbocycles. The highest BCUT2D eigenvalue weighted by Gasteiger charge is 2.06. The van der Waals surface area contributed by atoms with Crippen LogP contribution in [0, 0.1) is 0 Å².